The number of aldehydes is 1. The Morgan fingerprint density at radius 2 is 1.44 bits per heavy atom. The maximum absolute atomic E-state index is 12.2. The number of carbonyl (C=O) groups is 2. The molecule has 0 aliphatic heterocycles. The van der Waals surface area contributed by atoms with Crippen LogP contribution in [0.25, 0.3) is 11.1 Å². The molecule has 0 saturated carbocycles. The normalized spacial score (nSPS) is 9.56. The predicted molar refractivity (Wildman–Crippen MR) is 197 cm³/mol. The van der Waals surface area contributed by atoms with E-state index in [1.165, 1.54) is 5.56 Å². The molecule has 4 aromatic carbocycles. The van der Waals surface area contributed by atoms with Crippen LogP contribution in [-0.4, -0.2) is 24.9 Å². The minimum atomic E-state index is -0.0299. The second-order valence-corrected chi connectivity index (χ2v) is 11.9. The van der Waals surface area contributed by atoms with E-state index in [0.717, 1.165) is 49.3 Å². The van der Waals surface area contributed by atoms with Crippen LogP contribution in [0.1, 0.15) is 68.6 Å². The van der Waals surface area contributed by atoms with Gasteiger partial charge in [-0.05, 0) is 100 Å². The van der Waals surface area contributed by atoms with Crippen molar-refractivity contribution in [3.05, 3.63) is 123 Å². The van der Waals surface area contributed by atoms with Crippen LogP contribution in [-0.2, 0) is 16.0 Å². The largest absolute Gasteiger partial charge is 0.379 e. The highest BCUT2D eigenvalue weighted by molar-refractivity contribution is 9.10. The number of carbonyl (C=O) groups excluding carboxylic acids is 2. The van der Waals surface area contributed by atoms with Gasteiger partial charge in [-0.25, -0.2) is 0 Å². The zero-order chi connectivity index (χ0) is 34.4. The van der Waals surface area contributed by atoms with E-state index in [2.05, 4.69) is 33.6 Å². The van der Waals surface area contributed by atoms with E-state index in [-0.39, 0.29) is 11.5 Å². The molecule has 0 radical (unpaired) electrons. The van der Waals surface area contributed by atoms with Crippen LogP contribution in [0.3, 0.4) is 0 Å². The highest BCUT2D eigenvalue weighted by Crippen LogP contribution is 2.27. The standard InChI is InChI=1S/C21H17BrClNO.C8H8O.C5H12O.C3H4.C2H6/c1-14-12-18(23)8-11-20(14)16-4-9-19(10-5-16)24-21(25)13-15-2-6-17(22)7-3-15;1-7-2-4-8(6-9)5-3-7;1-5(2,3)6-4;1-3-2;1-2/h2-12H,13H2,1H3,(H,24,25);2-6H,1H3;1-4H3;1H,2H3;1-2H3. The van der Waals surface area contributed by atoms with Crippen LogP contribution in [0.2, 0.25) is 5.02 Å². The molecule has 0 aliphatic carbocycles. The van der Waals surface area contributed by atoms with E-state index in [1.807, 2.05) is 139 Å². The van der Waals surface area contributed by atoms with Gasteiger partial charge in [-0.15, -0.1) is 12.3 Å². The number of ether oxygens (including phenoxy) is 1. The molecule has 0 saturated heterocycles. The third-order valence-corrected chi connectivity index (χ3v) is 6.54. The third-order valence-electron chi connectivity index (χ3n) is 5.77. The second-order valence-electron chi connectivity index (χ2n) is 10.5. The first-order valence-corrected chi connectivity index (χ1v) is 15.8. The first-order chi connectivity index (χ1) is 21.3. The molecule has 45 heavy (non-hydrogen) atoms. The van der Waals surface area contributed by atoms with E-state index in [9.17, 15) is 9.59 Å². The molecule has 0 aliphatic rings. The number of methoxy groups -OCH3 is 1. The summed E-state index contributed by atoms with van der Waals surface area (Å²) in [6, 6.07) is 28.9. The van der Waals surface area contributed by atoms with Crippen molar-refractivity contribution in [2.75, 3.05) is 12.4 Å². The van der Waals surface area contributed by atoms with Crippen molar-refractivity contribution >= 4 is 45.4 Å². The number of benzene rings is 4. The summed E-state index contributed by atoms with van der Waals surface area (Å²) in [5, 5.41) is 3.67. The predicted octanol–water partition coefficient (Wildman–Crippen LogP) is 11.2. The first kappa shape index (κ1) is 41.3. The lowest BCUT2D eigenvalue weighted by molar-refractivity contribution is -0.115. The van der Waals surface area contributed by atoms with Gasteiger partial charge in [0.15, 0.2) is 0 Å². The van der Waals surface area contributed by atoms with Gasteiger partial charge in [-0.1, -0.05) is 102 Å². The molecular formula is C39H47BrClNO3. The van der Waals surface area contributed by atoms with Gasteiger partial charge in [0.2, 0.25) is 5.91 Å². The Labute approximate surface area is 284 Å². The number of hydrogen-bond donors (Lipinski definition) is 1. The summed E-state index contributed by atoms with van der Waals surface area (Å²) in [7, 11) is 1.71. The van der Waals surface area contributed by atoms with E-state index in [1.54, 1.807) is 14.0 Å². The highest BCUT2D eigenvalue weighted by Gasteiger charge is 2.06. The maximum Gasteiger partial charge on any atom is 0.228 e. The molecule has 0 bridgehead atoms. The van der Waals surface area contributed by atoms with E-state index < -0.39 is 0 Å². The van der Waals surface area contributed by atoms with Gasteiger partial charge < -0.3 is 10.1 Å². The smallest absolute Gasteiger partial charge is 0.228 e. The molecule has 0 spiro atoms. The number of amides is 1. The molecule has 4 rings (SSSR count). The Bertz CT molecular complexity index is 1450. The summed E-state index contributed by atoms with van der Waals surface area (Å²) in [5.74, 6) is 2.22. The number of terminal acetylenes is 1. The Balaban J connectivity index is 0.000000792. The molecule has 6 heteroatoms. The van der Waals surface area contributed by atoms with Gasteiger partial charge in [-0.2, -0.15) is 0 Å². The molecule has 1 N–H and O–H groups in total. The van der Waals surface area contributed by atoms with Gasteiger partial charge >= 0.3 is 0 Å². The van der Waals surface area contributed by atoms with Crippen LogP contribution in [0.5, 0.6) is 0 Å². The van der Waals surface area contributed by atoms with Crippen LogP contribution in [0.4, 0.5) is 5.69 Å². The Morgan fingerprint density at radius 3 is 1.89 bits per heavy atom. The van der Waals surface area contributed by atoms with Gasteiger partial charge in [0.05, 0.1) is 12.0 Å². The third kappa shape index (κ3) is 18.7. The van der Waals surface area contributed by atoms with Crippen molar-refractivity contribution < 1.29 is 14.3 Å². The number of rotatable bonds is 5. The second kappa shape index (κ2) is 22.8. The summed E-state index contributed by atoms with van der Waals surface area (Å²) in [5.41, 5.74) is 7.09. The lowest BCUT2D eigenvalue weighted by atomic mass is 10.0. The lowest BCUT2D eigenvalue weighted by Gasteiger charge is -2.14. The topological polar surface area (TPSA) is 55.4 Å². The summed E-state index contributed by atoms with van der Waals surface area (Å²) in [4.78, 5) is 22.3. The summed E-state index contributed by atoms with van der Waals surface area (Å²) < 4.78 is 5.94. The van der Waals surface area contributed by atoms with E-state index in [0.29, 0.717) is 6.42 Å². The number of hydrogen-bond acceptors (Lipinski definition) is 3. The summed E-state index contributed by atoms with van der Waals surface area (Å²) in [6.07, 6.45) is 5.80. The van der Waals surface area contributed by atoms with E-state index >= 15 is 0 Å². The average molecular weight is 693 g/mol. The zero-order valence-corrected chi connectivity index (χ0v) is 30.3. The van der Waals surface area contributed by atoms with Crippen molar-refractivity contribution in [3.8, 4) is 23.5 Å². The number of halogens is 2. The van der Waals surface area contributed by atoms with Crippen molar-refractivity contribution in [1.29, 1.82) is 0 Å². The summed E-state index contributed by atoms with van der Waals surface area (Å²) >= 11 is 9.40. The minimum absolute atomic E-state index is 0.0299. The van der Waals surface area contributed by atoms with Crippen molar-refractivity contribution in [1.82, 2.24) is 0 Å². The molecule has 0 atom stereocenters. The monoisotopic (exact) mass is 691 g/mol. The highest BCUT2D eigenvalue weighted by atomic mass is 79.9. The van der Waals surface area contributed by atoms with Gasteiger partial charge in [-0.3, -0.25) is 9.59 Å². The zero-order valence-electron chi connectivity index (χ0n) is 28.0. The fraction of sp³-hybridized carbons (Fsp3) is 0.282. The van der Waals surface area contributed by atoms with Gasteiger partial charge in [0.1, 0.15) is 6.29 Å². The van der Waals surface area contributed by atoms with Crippen LogP contribution >= 0.6 is 27.5 Å². The fourth-order valence-corrected chi connectivity index (χ4v) is 3.81. The maximum atomic E-state index is 12.2. The number of anilines is 1. The van der Waals surface area contributed by atoms with Crippen LogP contribution < -0.4 is 5.32 Å². The van der Waals surface area contributed by atoms with Gasteiger partial charge in [0, 0.05) is 27.9 Å². The van der Waals surface area contributed by atoms with Crippen LogP contribution in [0.15, 0.2) is 95.5 Å². The molecule has 4 nitrogen and oxygen atoms in total. The molecule has 0 unspecified atom stereocenters. The molecule has 240 valence electrons. The Kier molecular flexibility index (Phi) is 20.9. The quantitative estimate of drug-likeness (QED) is 0.167. The molecule has 0 fully saturated rings. The van der Waals surface area contributed by atoms with Crippen molar-refractivity contribution in [2.45, 2.75) is 67.4 Å². The minimum Gasteiger partial charge on any atom is -0.379 e. The molecule has 0 heterocycles. The number of nitrogens with one attached hydrogen (secondary N) is 1. The molecular weight excluding hydrogens is 646 g/mol. The molecule has 4 aromatic rings. The van der Waals surface area contributed by atoms with Crippen LogP contribution in [0, 0.1) is 26.2 Å². The Morgan fingerprint density at radius 1 is 0.933 bits per heavy atom. The number of aryl methyl sites for hydroxylation is 2. The fourth-order valence-electron chi connectivity index (χ4n) is 3.32. The van der Waals surface area contributed by atoms with Crippen molar-refractivity contribution in [3.63, 3.8) is 0 Å². The molecule has 1 amide bonds. The Hall–Kier alpha value is -3.69. The summed E-state index contributed by atoms with van der Waals surface area (Å²) in [6.45, 7) is 15.7. The average Bonchev–Trinajstić information content (AvgIpc) is 3.01. The van der Waals surface area contributed by atoms with Gasteiger partial charge in [0.25, 0.3) is 0 Å². The van der Waals surface area contributed by atoms with Crippen molar-refractivity contribution in [2.24, 2.45) is 0 Å². The first-order valence-electron chi connectivity index (χ1n) is 14.7. The SMILES string of the molecule is C#CC.CC.COC(C)(C)C.Cc1cc(Cl)ccc1-c1ccc(NC(=O)Cc2ccc(Br)cc2)cc1.Cc1ccc(C=O)cc1. The lowest BCUT2D eigenvalue weighted by Crippen LogP contribution is -2.15. The molecule has 0 aromatic heterocycles. The van der Waals surface area contributed by atoms with E-state index in [4.69, 9.17) is 16.3 Å².